The second kappa shape index (κ2) is 6.95. The molecule has 2 aromatic rings. The summed E-state index contributed by atoms with van der Waals surface area (Å²) in [5, 5.41) is 28.9. The largest absolute Gasteiger partial charge is 0.507 e. The Morgan fingerprint density at radius 3 is 2.44 bits per heavy atom. The fourth-order valence-electron chi connectivity index (χ4n) is 4.24. The van der Waals surface area contributed by atoms with Gasteiger partial charge in [-0.1, -0.05) is 12.1 Å². The minimum absolute atomic E-state index is 0.168. The number of anilines is 2. The number of aliphatic hydroxyl groups is 1. The molecule has 144 valence electrons. The highest BCUT2D eigenvalue weighted by atomic mass is 16.3. The lowest BCUT2D eigenvalue weighted by Gasteiger charge is -2.45. The van der Waals surface area contributed by atoms with Crippen LogP contribution in [0.25, 0.3) is 11.3 Å². The summed E-state index contributed by atoms with van der Waals surface area (Å²) in [5.41, 5.74) is 8.21. The number of fused-ring (bicyclic) bond motifs is 2. The summed E-state index contributed by atoms with van der Waals surface area (Å²) in [6.45, 7) is 1.55. The van der Waals surface area contributed by atoms with Gasteiger partial charge in [-0.3, -0.25) is 9.80 Å². The van der Waals surface area contributed by atoms with E-state index in [1.807, 2.05) is 37.2 Å². The third-order valence-corrected chi connectivity index (χ3v) is 5.59. The van der Waals surface area contributed by atoms with Gasteiger partial charge in [0.05, 0.1) is 11.4 Å². The molecule has 3 heterocycles. The molecule has 27 heavy (non-hydrogen) atoms. The van der Waals surface area contributed by atoms with E-state index in [2.05, 4.69) is 20.0 Å². The summed E-state index contributed by atoms with van der Waals surface area (Å²) in [7, 11) is 3.78. The van der Waals surface area contributed by atoms with E-state index in [-0.39, 0.29) is 17.8 Å². The number of rotatable bonds is 4. The topological polar surface area (TPSA) is 102 Å². The normalized spacial score (nSPS) is 23.8. The van der Waals surface area contributed by atoms with Crippen molar-refractivity contribution < 1.29 is 10.2 Å². The summed E-state index contributed by atoms with van der Waals surface area (Å²) >= 11 is 0. The number of phenolic OH excluding ortho intramolecular Hbond substituents is 1. The van der Waals surface area contributed by atoms with Crippen LogP contribution in [0, 0.1) is 0 Å². The molecule has 4 N–H and O–H groups in total. The van der Waals surface area contributed by atoms with E-state index >= 15 is 0 Å². The maximum absolute atomic E-state index is 10.5. The summed E-state index contributed by atoms with van der Waals surface area (Å²) in [5.74, 6) is 0.552. The zero-order valence-corrected chi connectivity index (χ0v) is 15.7. The highest BCUT2D eigenvalue weighted by molar-refractivity contribution is 5.74. The summed E-state index contributed by atoms with van der Waals surface area (Å²) in [6, 6.07) is 9.51. The van der Waals surface area contributed by atoms with E-state index < -0.39 is 6.35 Å². The van der Waals surface area contributed by atoms with Crippen LogP contribution in [-0.4, -0.2) is 75.8 Å². The predicted molar refractivity (Wildman–Crippen MR) is 104 cm³/mol. The molecule has 3 unspecified atom stereocenters. The smallest absolute Gasteiger partial charge is 0.169 e. The monoisotopic (exact) mass is 370 g/mol. The van der Waals surface area contributed by atoms with Crippen molar-refractivity contribution in [3.05, 3.63) is 30.3 Å². The second-order valence-electron chi connectivity index (χ2n) is 7.56. The molecule has 2 aliphatic rings. The van der Waals surface area contributed by atoms with Gasteiger partial charge in [0.25, 0.3) is 0 Å². The van der Waals surface area contributed by atoms with Crippen LogP contribution in [-0.2, 0) is 0 Å². The van der Waals surface area contributed by atoms with Crippen molar-refractivity contribution in [2.45, 2.75) is 31.3 Å². The third kappa shape index (κ3) is 3.20. The van der Waals surface area contributed by atoms with Crippen LogP contribution in [0.4, 0.5) is 11.5 Å². The zero-order chi connectivity index (χ0) is 19.1. The van der Waals surface area contributed by atoms with Crippen molar-refractivity contribution in [3.63, 3.8) is 0 Å². The fraction of sp³-hybridized carbons (Fsp3) is 0.474. The standard InChI is InChI=1S/C19H26N6O2/c1-23(2)19(27)25-12-7-8-13(25)11-24(10-12)16-9-15(21-22-18(16)20)14-5-3-4-6-17(14)26/h3-6,9,12-13,19,26-27H,7-8,10-11H2,1-2H3,(H2,20,22). The van der Waals surface area contributed by atoms with E-state index in [9.17, 15) is 10.2 Å². The minimum Gasteiger partial charge on any atom is -0.507 e. The molecule has 0 spiro atoms. The van der Waals surface area contributed by atoms with Gasteiger partial charge in [0.2, 0.25) is 0 Å². The van der Waals surface area contributed by atoms with Crippen LogP contribution < -0.4 is 10.6 Å². The van der Waals surface area contributed by atoms with Crippen LogP contribution >= 0.6 is 0 Å². The van der Waals surface area contributed by atoms with Crippen molar-refractivity contribution in [1.82, 2.24) is 20.0 Å². The number of para-hydroxylation sites is 1. The van der Waals surface area contributed by atoms with Gasteiger partial charge in [0, 0.05) is 30.7 Å². The molecular weight excluding hydrogens is 344 g/mol. The lowest BCUT2D eigenvalue weighted by atomic mass is 10.1. The molecule has 0 radical (unpaired) electrons. The fourth-order valence-corrected chi connectivity index (χ4v) is 4.24. The Balaban J connectivity index is 1.62. The molecule has 8 heteroatoms. The highest BCUT2D eigenvalue weighted by Gasteiger charge is 2.44. The van der Waals surface area contributed by atoms with Crippen molar-refractivity contribution in [1.29, 1.82) is 0 Å². The zero-order valence-electron chi connectivity index (χ0n) is 15.7. The highest BCUT2D eigenvalue weighted by Crippen LogP contribution is 2.37. The first-order chi connectivity index (χ1) is 13.0. The number of aromatic hydroxyl groups is 1. The number of nitrogen functional groups attached to an aromatic ring is 1. The van der Waals surface area contributed by atoms with Gasteiger partial charge >= 0.3 is 0 Å². The second-order valence-corrected chi connectivity index (χ2v) is 7.56. The van der Waals surface area contributed by atoms with Gasteiger partial charge in [-0.2, -0.15) is 0 Å². The molecule has 2 aliphatic heterocycles. The van der Waals surface area contributed by atoms with Crippen LogP contribution in [0.3, 0.4) is 0 Å². The molecule has 2 bridgehead atoms. The maximum atomic E-state index is 10.5. The van der Waals surface area contributed by atoms with E-state index in [0.717, 1.165) is 31.6 Å². The van der Waals surface area contributed by atoms with Gasteiger partial charge in [0.1, 0.15) is 5.75 Å². The van der Waals surface area contributed by atoms with Crippen molar-refractivity contribution >= 4 is 11.5 Å². The Morgan fingerprint density at radius 1 is 1.15 bits per heavy atom. The van der Waals surface area contributed by atoms with Crippen molar-refractivity contribution in [3.8, 4) is 17.0 Å². The van der Waals surface area contributed by atoms with Crippen molar-refractivity contribution in [2.24, 2.45) is 0 Å². The molecular formula is C19H26N6O2. The third-order valence-electron chi connectivity index (χ3n) is 5.59. The number of benzene rings is 1. The van der Waals surface area contributed by atoms with Crippen LogP contribution in [0.1, 0.15) is 12.8 Å². The molecule has 1 aromatic carbocycles. The molecule has 2 fully saturated rings. The van der Waals surface area contributed by atoms with Crippen LogP contribution in [0.15, 0.2) is 30.3 Å². The van der Waals surface area contributed by atoms with Crippen LogP contribution in [0.2, 0.25) is 0 Å². The van der Waals surface area contributed by atoms with Gasteiger partial charge in [-0.25, -0.2) is 0 Å². The Bertz CT molecular complexity index is 816. The summed E-state index contributed by atoms with van der Waals surface area (Å²) in [4.78, 5) is 6.26. The maximum Gasteiger partial charge on any atom is 0.169 e. The Morgan fingerprint density at radius 2 is 1.81 bits per heavy atom. The molecule has 0 amide bonds. The molecule has 2 saturated heterocycles. The number of nitrogens with zero attached hydrogens (tertiary/aromatic N) is 5. The number of hydrogen-bond donors (Lipinski definition) is 3. The number of piperazine rings is 1. The van der Waals surface area contributed by atoms with E-state index in [0.29, 0.717) is 17.1 Å². The first-order valence-electron chi connectivity index (χ1n) is 9.24. The lowest BCUT2D eigenvalue weighted by Crippen LogP contribution is -2.60. The SMILES string of the molecule is CN(C)C(O)N1C2CCC1CN(c1cc(-c3ccccc3O)nnc1N)C2. The number of nitrogens with two attached hydrogens (primary N) is 1. The molecule has 0 saturated carbocycles. The average molecular weight is 370 g/mol. The first-order valence-corrected chi connectivity index (χ1v) is 9.24. The molecule has 4 rings (SSSR count). The number of aliphatic hydroxyl groups excluding tert-OH is 1. The first kappa shape index (κ1) is 18.0. The van der Waals surface area contributed by atoms with E-state index in [1.165, 1.54) is 0 Å². The quantitative estimate of drug-likeness (QED) is 0.683. The van der Waals surface area contributed by atoms with Gasteiger partial charge < -0.3 is 20.8 Å². The average Bonchev–Trinajstić information content (AvgIpc) is 2.91. The van der Waals surface area contributed by atoms with Gasteiger partial charge in [-0.15, -0.1) is 10.2 Å². The Kier molecular flexibility index (Phi) is 4.63. The van der Waals surface area contributed by atoms with E-state index in [4.69, 9.17) is 5.73 Å². The molecule has 0 aliphatic carbocycles. The number of aromatic nitrogens is 2. The van der Waals surface area contributed by atoms with Crippen LogP contribution in [0.5, 0.6) is 5.75 Å². The summed E-state index contributed by atoms with van der Waals surface area (Å²) in [6.07, 6.45) is 1.53. The number of hydrogen-bond acceptors (Lipinski definition) is 8. The van der Waals surface area contributed by atoms with E-state index in [1.54, 1.807) is 12.1 Å². The lowest BCUT2D eigenvalue weighted by molar-refractivity contribution is -0.117. The van der Waals surface area contributed by atoms with Gasteiger partial charge in [0.15, 0.2) is 12.2 Å². The molecule has 8 nitrogen and oxygen atoms in total. The van der Waals surface area contributed by atoms with Gasteiger partial charge in [-0.05, 0) is 45.1 Å². The molecule has 1 aromatic heterocycles. The molecule has 3 atom stereocenters. The van der Waals surface area contributed by atoms with Crippen molar-refractivity contribution in [2.75, 3.05) is 37.8 Å². The Labute approximate surface area is 158 Å². The summed E-state index contributed by atoms with van der Waals surface area (Å²) < 4.78 is 0. The minimum atomic E-state index is -0.575. The predicted octanol–water partition coefficient (Wildman–Crippen LogP) is 0.922. The number of phenols is 1. The Hall–Kier alpha value is -2.42.